The Kier molecular flexibility index (Phi) is 7.68. The van der Waals surface area contributed by atoms with Crippen molar-refractivity contribution in [2.75, 3.05) is 19.8 Å². The molecule has 2 rings (SSSR count). The third-order valence-electron chi connectivity index (χ3n) is 3.55. The normalized spacial score (nSPS) is 10.3. The number of H-pyrrole nitrogens is 1. The maximum Gasteiger partial charge on any atom is 0.291 e. The molecular formula is C18H23BrN4O5. The summed E-state index contributed by atoms with van der Waals surface area (Å²) >= 11 is 3.26. The first-order valence-corrected chi connectivity index (χ1v) is 9.59. The van der Waals surface area contributed by atoms with E-state index in [1.807, 2.05) is 20.8 Å². The third kappa shape index (κ3) is 4.94. The zero-order valence-corrected chi connectivity index (χ0v) is 17.7. The fraction of sp³-hybridized carbons (Fsp3) is 0.389. The molecule has 10 heteroatoms. The minimum atomic E-state index is -0.564. The second-order valence-electron chi connectivity index (χ2n) is 5.52. The molecule has 2 amide bonds. The number of aryl methyl sites for hydroxylation is 1. The van der Waals surface area contributed by atoms with Gasteiger partial charge in [0.1, 0.15) is 0 Å². The average Bonchev–Trinajstić information content (AvgIpc) is 3.01. The summed E-state index contributed by atoms with van der Waals surface area (Å²) in [6.07, 6.45) is 0. The van der Waals surface area contributed by atoms with Crippen LogP contribution in [-0.2, 0) is 0 Å². The number of benzene rings is 1. The molecule has 3 N–H and O–H groups in total. The predicted molar refractivity (Wildman–Crippen MR) is 106 cm³/mol. The highest BCUT2D eigenvalue weighted by molar-refractivity contribution is 9.10. The van der Waals surface area contributed by atoms with Gasteiger partial charge >= 0.3 is 0 Å². The Hall–Kier alpha value is -2.75. The number of carbonyl (C=O) groups excluding carboxylic acids is 2. The highest BCUT2D eigenvalue weighted by Gasteiger charge is 2.20. The number of hydrogen-bond donors (Lipinski definition) is 3. The quantitative estimate of drug-likeness (QED) is 0.528. The Bertz CT molecular complexity index is 825. The van der Waals surface area contributed by atoms with Crippen LogP contribution in [0.1, 0.15) is 47.3 Å². The lowest BCUT2D eigenvalue weighted by molar-refractivity contribution is 0.0843. The van der Waals surface area contributed by atoms with Crippen molar-refractivity contribution in [1.82, 2.24) is 21.0 Å². The van der Waals surface area contributed by atoms with Gasteiger partial charge in [-0.05, 0) is 55.8 Å². The number of aromatic amines is 1. The molecule has 9 nitrogen and oxygen atoms in total. The maximum absolute atomic E-state index is 12.5. The lowest BCUT2D eigenvalue weighted by Gasteiger charge is -2.17. The number of nitrogens with zero attached hydrogens (tertiary/aromatic N) is 1. The molecule has 0 saturated carbocycles. The van der Waals surface area contributed by atoms with E-state index in [1.165, 1.54) is 12.1 Å². The molecule has 0 atom stereocenters. The average molecular weight is 455 g/mol. The van der Waals surface area contributed by atoms with Gasteiger partial charge < -0.3 is 14.2 Å². The standard InChI is InChI=1S/C18H23BrN4O5/c1-5-26-12-8-11(9-13(27-6-2)16(12)28-7-3)17(24)22-23-18(25)15-14(19)10(4)20-21-15/h8-9H,5-7H2,1-4H3,(H,20,21)(H,22,24)(H,23,25). The molecule has 1 aromatic carbocycles. The van der Waals surface area contributed by atoms with Gasteiger partial charge in [0.15, 0.2) is 17.2 Å². The van der Waals surface area contributed by atoms with Crippen molar-refractivity contribution in [1.29, 1.82) is 0 Å². The Morgan fingerprint density at radius 1 is 1.00 bits per heavy atom. The van der Waals surface area contributed by atoms with Crippen LogP contribution in [0.3, 0.4) is 0 Å². The summed E-state index contributed by atoms with van der Waals surface area (Å²) in [7, 11) is 0. The van der Waals surface area contributed by atoms with Gasteiger partial charge in [0, 0.05) is 11.3 Å². The molecule has 0 bridgehead atoms. The first-order valence-electron chi connectivity index (χ1n) is 8.80. The summed E-state index contributed by atoms with van der Waals surface area (Å²) in [4.78, 5) is 24.7. The molecule has 0 aliphatic carbocycles. The van der Waals surface area contributed by atoms with Crippen molar-refractivity contribution in [3.63, 3.8) is 0 Å². The number of nitrogens with one attached hydrogen (secondary N) is 3. The Labute approximate surface area is 171 Å². The SMILES string of the molecule is CCOc1cc(C(=O)NNC(=O)c2n[nH]c(C)c2Br)cc(OCC)c1OCC. The van der Waals surface area contributed by atoms with E-state index in [9.17, 15) is 9.59 Å². The van der Waals surface area contributed by atoms with E-state index in [4.69, 9.17) is 14.2 Å². The van der Waals surface area contributed by atoms with Gasteiger partial charge in [-0.1, -0.05) is 0 Å². The van der Waals surface area contributed by atoms with Crippen molar-refractivity contribution in [2.24, 2.45) is 0 Å². The van der Waals surface area contributed by atoms with Gasteiger partial charge in [-0.25, -0.2) is 0 Å². The van der Waals surface area contributed by atoms with E-state index in [0.29, 0.717) is 47.2 Å². The Balaban J connectivity index is 2.21. The lowest BCUT2D eigenvalue weighted by Crippen LogP contribution is -2.42. The molecule has 2 aromatic rings. The number of carbonyl (C=O) groups is 2. The Morgan fingerprint density at radius 3 is 2.00 bits per heavy atom. The van der Waals surface area contributed by atoms with Crippen molar-refractivity contribution in [3.05, 3.63) is 33.6 Å². The van der Waals surface area contributed by atoms with E-state index in [2.05, 4.69) is 37.0 Å². The zero-order valence-electron chi connectivity index (χ0n) is 16.1. The summed E-state index contributed by atoms with van der Waals surface area (Å²) in [5.74, 6) is 0.102. The van der Waals surface area contributed by atoms with Crippen molar-refractivity contribution < 1.29 is 23.8 Å². The van der Waals surface area contributed by atoms with Crippen LogP contribution in [0.5, 0.6) is 17.2 Å². The van der Waals surface area contributed by atoms with E-state index in [0.717, 1.165) is 0 Å². The molecule has 0 aliphatic rings. The highest BCUT2D eigenvalue weighted by atomic mass is 79.9. The summed E-state index contributed by atoms with van der Waals surface area (Å²) in [5.41, 5.74) is 5.77. The fourth-order valence-corrected chi connectivity index (χ4v) is 2.69. The van der Waals surface area contributed by atoms with Gasteiger partial charge in [0.05, 0.1) is 24.3 Å². The largest absolute Gasteiger partial charge is 0.490 e. The first-order chi connectivity index (χ1) is 13.4. The lowest BCUT2D eigenvalue weighted by atomic mass is 10.1. The second kappa shape index (κ2) is 9.98. The van der Waals surface area contributed by atoms with Crippen LogP contribution in [-0.4, -0.2) is 41.8 Å². The number of halogens is 1. The minimum absolute atomic E-state index is 0.134. The third-order valence-corrected chi connectivity index (χ3v) is 4.52. The summed E-state index contributed by atoms with van der Waals surface area (Å²) in [6, 6.07) is 3.07. The molecule has 0 spiro atoms. The number of aromatic nitrogens is 2. The zero-order chi connectivity index (χ0) is 20.7. The van der Waals surface area contributed by atoms with E-state index >= 15 is 0 Å². The van der Waals surface area contributed by atoms with Gasteiger partial charge in [-0.2, -0.15) is 5.10 Å². The van der Waals surface area contributed by atoms with E-state index in [-0.39, 0.29) is 11.3 Å². The number of hydrazine groups is 1. The van der Waals surface area contributed by atoms with Crippen LogP contribution in [0.4, 0.5) is 0 Å². The van der Waals surface area contributed by atoms with Gasteiger partial charge in [-0.15, -0.1) is 0 Å². The molecule has 0 saturated heterocycles. The Morgan fingerprint density at radius 2 is 1.54 bits per heavy atom. The molecule has 1 aromatic heterocycles. The molecular weight excluding hydrogens is 432 g/mol. The van der Waals surface area contributed by atoms with E-state index < -0.39 is 11.8 Å². The van der Waals surface area contributed by atoms with Crippen molar-refractivity contribution >= 4 is 27.7 Å². The molecule has 0 radical (unpaired) electrons. The van der Waals surface area contributed by atoms with Gasteiger partial charge in [0.25, 0.3) is 11.8 Å². The van der Waals surface area contributed by atoms with Crippen molar-refractivity contribution in [3.8, 4) is 17.2 Å². The van der Waals surface area contributed by atoms with Crippen LogP contribution in [0, 0.1) is 6.92 Å². The summed E-state index contributed by atoms with van der Waals surface area (Å²) in [6.45, 7) is 8.45. The van der Waals surface area contributed by atoms with Crippen LogP contribution in [0.25, 0.3) is 0 Å². The van der Waals surface area contributed by atoms with Crippen LogP contribution >= 0.6 is 15.9 Å². The van der Waals surface area contributed by atoms with Crippen molar-refractivity contribution in [2.45, 2.75) is 27.7 Å². The van der Waals surface area contributed by atoms with Gasteiger partial charge in [0.2, 0.25) is 5.75 Å². The molecule has 0 unspecified atom stereocenters. The molecule has 1 heterocycles. The van der Waals surface area contributed by atoms with Crippen LogP contribution in [0.15, 0.2) is 16.6 Å². The molecule has 152 valence electrons. The topological polar surface area (TPSA) is 115 Å². The van der Waals surface area contributed by atoms with Gasteiger partial charge in [-0.3, -0.25) is 25.5 Å². The molecule has 0 aliphatic heterocycles. The second-order valence-corrected chi connectivity index (χ2v) is 6.31. The number of rotatable bonds is 8. The smallest absolute Gasteiger partial charge is 0.291 e. The molecule has 28 heavy (non-hydrogen) atoms. The number of amides is 2. The fourth-order valence-electron chi connectivity index (χ4n) is 2.33. The number of ether oxygens (including phenoxy) is 3. The van der Waals surface area contributed by atoms with E-state index in [1.54, 1.807) is 6.92 Å². The first kappa shape index (κ1) is 21.5. The predicted octanol–water partition coefficient (Wildman–Crippen LogP) is 2.75. The maximum atomic E-state index is 12.5. The highest BCUT2D eigenvalue weighted by Crippen LogP contribution is 2.39. The monoisotopic (exact) mass is 454 g/mol. The number of hydrogen-bond acceptors (Lipinski definition) is 6. The summed E-state index contributed by atoms with van der Waals surface area (Å²) < 4.78 is 17.3. The molecule has 0 fully saturated rings. The summed E-state index contributed by atoms with van der Waals surface area (Å²) in [5, 5.41) is 6.56. The van der Waals surface area contributed by atoms with Crippen LogP contribution in [0.2, 0.25) is 0 Å². The van der Waals surface area contributed by atoms with Crippen LogP contribution < -0.4 is 25.1 Å². The minimum Gasteiger partial charge on any atom is -0.490 e.